The van der Waals surface area contributed by atoms with Gasteiger partial charge in [0.25, 0.3) is 0 Å². The Morgan fingerprint density at radius 3 is 2.12 bits per heavy atom. The molecule has 3 aromatic rings. The highest BCUT2D eigenvalue weighted by Gasteiger charge is 2.30. The number of benzene rings is 3. The van der Waals surface area contributed by atoms with Gasteiger partial charge in [0.05, 0.1) is 11.9 Å². The Morgan fingerprint density at radius 2 is 1.55 bits per heavy atom. The summed E-state index contributed by atoms with van der Waals surface area (Å²) in [7, 11) is -3.56. The van der Waals surface area contributed by atoms with Crippen molar-refractivity contribution in [2.24, 2.45) is 0 Å². The first-order valence-corrected chi connectivity index (χ1v) is 16.0. The van der Waals surface area contributed by atoms with Crippen LogP contribution in [0, 0.1) is 13.8 Å². The number of halogens is 1. The van der Waals surface area contributed by atoms with E-state index < -0.39 is 16.1 Å². The summed E-state index contributed by atoms with van der Waals surface area (Å²) in [5.41, 5.74) is 4.36. The molecule has 1 atom stereocenters. The summed E-state index contributed by atoms with van der Waals surface area (Å²) in [6.07, 6.45) is 1.95. The topological polar surface area (TPSA) is 86.8 Å². The molecule has 9 heteroatoms. The van der Waals surface area contributed by atoms with Crippen LogP contribution < -0.4 is 9.62 Å². The fourth-order valence-electron chi connectivity index (χ4n) is 4.73. The minimum absolute atomic E-state index is 0.0953. The number of rotatable bonds is 13. The number of carbonyl (C=O) groups is 2. The van der Waals surface area contributed by atoms with Crippen molar-refractivity contribution in [2.75, 3.05) is 23.7 Å². The molecule has 40 heavy (non-hydrogen) atoms. The van der Waals surface area contributed by atoms with Gasteiger partial charge in [-0.25, -0.2) is 8.42 Å². The lowest BCUT2D eigenvalue weighted by Gasteiger charge is -2.32. The second kappa shape index (κ2) is 14.5. The van der Waals surface area contributed by atoms with Crippen molar-refractivity contribution in [2.45, 2.75) is 52.6 Å². The fourth-order valence-corrected chi connectivity index (χ4v) is 5.94. The molecule has 0 bridgehead atoms. The van der Waals surface area contributed by atoms with Crippen molar-refractivity contribution in [1.29, 1.82) is 0 Å². The predicted octanol–water partition coefficient (Wildman–Crippen LogP) is 5.39. The molecule has 1 unspecified atom stereocenters. The van der Waals surface area contributed by atoms with E-state index in [1.165, 1.54) is 10.6 Å². The van der Waals surface area contributed by atoms with Crippen molar-refractivity contribution in [3.8, 4) is 0 Å². The number of nitrogens with zero attached hydrogens (tertiary/aromatic N) is 2. The van der Waals surface area contributed by atoms with Crippen LogP contribution in [-0.4, -0.2) is 50.5 Å². The highest BCUT2D eigenvalue weighted by Crippen LogP contribution is 2.23. The van der Waals surface area contributed by atoms with Gasteiger partial charge in [-0.05, 0) is 73.7 Å². The lowest BCUT2D eigenvalue weighted by atomic mass is 10.0. The Labute approximate surface area is 246 Å². The van der Waals surface area contributed by atoms with Gasteiger partial charge in [-0.3, -0.25) is 13.9 Å². The first-order chi connectivity index (χ1) is 19.0. The second-order valence-corrected chi connectivity index (χ2v) is 12.9. The molecular formula is C31H38BrN3O4S. The van der Waals surface area contributed by atoms with E-state index in [9.17, 15) is 18.0 Å². The summed E-state index contributed by atoms with van der Waals surface area (Å²) in [5, 5.41) is 2.89. The van der Waals surface area contributed by atoms with Crippen LogP contribution in [0.4, 0.5) is 5.69 Å². The normalized spacial score (nSPS) is 12.0. The molecule has 3 rings (SSSR count). The van der Waals surface area contributed by atoms with Gasteiger partial charge in [0.2, 0.25) is 21.8 Å². The van der Waals surface area contributed by atoms with Gasteiger partial charge in [-0.1, -0.05) is 64.5 Å². The minimum atomic E-state index is -3.56. The monoisotopic (exact) mass is 627 g/mol. The lowest BCUT2D eigenvalue weighted by molar-refractivity contribution is -0.141. The Balaban J connectivity index is 1.87. The zero-order chi connectivity index (χ0) is 29.3. The second-order valence-electron chi connectivity index (χ2n) is 10.0. The molecule has 2 amide bonds. The zero-order valence-corrected chi connectivity index (χ0v) is 26.0. The molecule has 0 heterocycles. The average Bonchev–Trinajstić information content (AvgIpc) is 2.89. The smallest absolute Gasteiger partial charge is 0.243 e. The lowest BCUT2D eigenvalue weighted by Crippen LogP contribution is -2.50. The maximum Gasteiger partial charge on any atom is 0.243 e. The van der Waals surface area contributed by atoms with Crippen LogP contribution in [0.3, 0.4) is 0 Å². The van der Waals surface area contributed by atoms with E-state index in [4.69, 9.17) is 0 Å². The molecule has 214 valence electrons. The van der Waals surface area contributed by atoms with Gasteiger partial charge in [0, 0.05) is 36.9 Å². The van der Waals surface area contributed by atoms with Crippen LogP contribution in [0.15, 0.2) is 77.3 Å². The van der Waals surface area contributed by atoms with Crippen molar-refractivity contribution in [1.82, 2.24) is 10.2 Å². The van der Waals surface area contributed by atoms with Crippen molar-refractivity contribution in [3.63, 3.8) is 0 Å². The Hall–Kier alpha value is -3.17. The van der Waals surface area contributed by atoms with Crippen LogP contribution >= 0.6 is 15.9 Å². The number of amides is 2. The molecule has 7 nitrogen and oxygen atoms in total. The summed E-state index contributed by atoms with van der Waals surface area (Å²) >= 11 is 3.45. The van der Waals surface area contributed by atoms with Gasteiger partial charge in [-0.2, -0.15) is 0 Å². The summed E-state index contributed by atoms with van der Waals surface area (Å²) in [6.45, 7) is 6.57. The Morgan fingerprint density at radius 1 is 0.925 bits per heavy atom. The van der Waals surface area contributed by atoms with E-state index in [0.717, 1.165) is 26.7 Å². The first kappa shape index (κ1) is 31.4. The molecular weight excluding hydrogens is 590 g/mol. The summed E-state index contributed by atoms with van der Waals surface area (Å²) in [6, 6.07) is 22.2. The standard InChI is InChI=1S/C31H38BrN3O4S/c1-5-33-31(37)29(21-25-10-7-6-8-11-25)34(22-26-13-15-27(32)16-14-26)30(36)12-9-17-35(40(4,38)39)28-19-23(2)18-24(3)20-28/h6-8,10-11,13-16,18-20,29H,5,9,12,17,21-22H2,1-4H3,(H,33,37). The van der Waals surface area contributed by atoms with Crippen molar-refractivity contribution in [3.05, 3.63) is 99.5 Å². The maximum absolute atomic E-state index is 13.8. The van der Waals surface area contributed by atoms with Gasteiger partial charge in [-0.15, -0.1) is 0 Å². The van der Waals surface area contributed by atoms with Crippen LogP contribution in [-0.2, 0) is 32.6 Å². The Kier molecular flexibility index (Phi) is 11.3. The van der Waals surface area contributed by atoms with Crippen molar-refractivity contribution >= 4 is 43.5 Å². The van der Waals surface area contributed by atoms with Crippen LogP contribution in [0.5, 0.6) is 0 Å². The largest absolute Gasteiger partial charge is 0.355 e. The molecule has 3 aromatic carbocycles. The van der Waals surface area contributed by atoms with Gasteiger partial charge in [0.15, 0.2) is 0 Å². The van der Waals surface area contributed by atoms with Crippen molar-refractivity contribution < 1.29 is 18.0 Å². The average molecular weight is 629 g/mol. The molecule has 0 aliphatic heterocycles. The molecule has 0 aromatic heterocycles. The number of likely N-dealkylation sites (N-methyl/N-ethyl adjacent to an activating group) is 1. The third kappa shape index (κ3) is 9.20. The quantitative estimate of drug-likeness (QED) is 0.275. The molecule has 0 radical (unpaired) electrons. The molecule has 0 fully saturated rings. The maximum atomic E-state index is 13.8. The van der Waals surface area contributed by atoms with E-state index in [1.807, 2.05) is 93.6 Å². The molecule has 0 aliphatic rings. The summed E-state index contributed by atoms with van der Waals surface area (Å²) < 4.78 is 27.6. The number of aryl methyl sites for hydroxylation is 2. The third-order valence-corrected chi connectivity index (χ3v) is 8.26. The van der Waals surface area contributed by atoms with E-state index in [0.29, 0.717) is 25.1 Å². The molecule has 0 spiro atoms. The van der Waals surface area contributed by atoms with E-state index >= 15 is 0 Å². The highest BCUT2D eigenvalue weighted by molar-refractivity contribution is 9.10. The van der Waals surface area contributed by atoms with Gasteiger partial charge < -0.3 is 10.2 Å². The number of hydrogen-bond donors (Lipinski definition) is 1. The third-order valence-electron chi connectivity index (χ3n) is 6.53. The zero-order valence-electron chi connectivity index (χ0n) is 23.6. The Bertz CT molecular complexity index is 1380. The van der Waals surface area contributed by atoms with Gasteiger partial charge >= 0.3 is 0 Å². The number of anilines is 1. The number of nitrogens with one attached hydrogen (secondary N) is 1. The SMILES string of the molecule is CCNC(=O)C(Cc1ccccc1)N(Cc1ccc(Br)cc1)C(=O)CCCN(c1cc(C)cc(C)c1)S(C)(=O)=O. The van der Waals surface area contributed by atoms with Crippen LogP contribution in [0.1, 0.15) is 42.0 Å². The molecule has 1 N–H and O–H groups in total. The minimum Gasteiger partial charge on any atom is -0.355 e. The first-order valence-electron chi connectivity index (χ1n) is 13.4. The van der Waals surface area contributed by atoms with E-state index in [1.54, 1.807) is 4.90 Å². The van der Waals surface area contributed by atoms with Gasteiger partial charge in [0.1, 0.15) is 6.04 Å². The predicted molar refractivity (Wildman–Crippen MR) is 165 cm³/mol. The molecule has 0 saturated heterocycles. The summed E-state index contributed by atoms with van der Waals surface area (Å²) in [4.78, 5) is 28.7. The number of carbonyl (C=O) groups excluding carboxylic acids is 2. The highest BCUT2D eigenvalue weighted by atomic mass is 79.9. The molecule has 0 saturated carbocycles. The van der Waals surface area contributed by atoms with Crippen LogP contribution in [0.2, 0.25) is 0 Å². The molecule has 0 aliphatic carbocycles. The summed E-state index contributed by atoms with van der Waals surface area (Å²) in [5.74, 6) is -0.422. The fraction of sp³-hybridized carbons (Fsp3) is 0.355. The van der Waals surface area contributed by atoms with Crippen LogP contribution in [0.25, 0.3) is 0 Å². The number of sulfonamides is 1. The number of hydrogen-bond acceptors (Lipinski definition) is 4. The van der Waals surface area contributed by atoms with E-state index in [2.05, 4.69) is 21.2 Å². The van der Waals surface area contributed by atoms with E-state index in [-0.39, 0.29) is 31.3 Å².